The molecule has 0 spiro atoms. The van der Waals surface area contributed by atoms with Crippen molar-refractivity contribution >= 4 is 11.6 Å². The summed E-state index contributed by atoms with van der Waals surface area (Å²) >= 11 is 6.08. The number of halogens is 2. The Morgan fingerprint density at radius 2 is 2.33 bits per heavy atom. The fourth-order valence-electron chi connectivity index (χ4n) is 2.66. The van der Waals surface area contributed by atoms with Crippen LogP contribution in [0.2, 0.25) is 5.02 Å². The predicted octanol–water partition coefficient (Wildman–Crippen LogP) is 2.72. The summed E-state index contributed by atoms with van der Waals surface area (Å²) < 4.78 is 19.5. The first kappa shape index (κ1) is 16.7. The van der Waals surface area contributed by atoms with Crippen molar-refractivity contribution in [2.24, 2.45) is 0 Å². The van der Waals surface area contributed by atoms with Crippen LogP contribution in [0.25, 0.3) is 0 Å². The summed E-state index contributed by atoms with van der Waals surface area (Å²) in [7, 11) is 2.10. The molecule has 3 nitrogen and oxygen atoms in total. The van der Waals surface area contributed by atoms with Crippen LogP contribution in [0.1, 0.15) is 18.9 Å². The predicted molar refractivity (Wildman–Crippen MR) is 84.4 cm³/mol. The molecule has 1 aromatic carbocycles. The quantitative estimate of drug-likeness (QED) is 0.874. The van der Waals surface area contributed by atoms with Gasteiger partial charge in [-0.1, -0.05) is 30.7 Å². The number of morpholine rings is 1. The van der Waals surface area contributed by atoms with E-state index in [9.17, 15) is 4.39 Å². The zero-order valence-corrected chi connectivity index (χ0v) is 13.5. The maximum atomic E-state index is 13.6. The van der Waals surface area contributed by atoms with Crippen molar-refractivity contribution in [3.63, 3.8) is 0 Å². The van der Waals surface area contributed by atoms with E-state index in [-0.39, 0.29) is 23.0 Å². The molecule has 1 N–H and O–H groups in total. The number of nitrogens with zero attached hydrogens (tertiary/aromatic N) is 1. The second kappa shape index (κ2) is 8.08. The number of nitrogens with one attached hydrogen (secondary N) is 1. The Morgan fingerprint density at radius 3 is 3.05 bits per heavy atom. The fraction of sp³-hybridized carbons (Fsp3) is 0.625. The Morgan fingerprint density at radius 1 is 1.52 bits per heavy atom. The molecule has 5 heteroatoms. The van der Waals surface area contributed by atoms with Gasteiger partial charge in [-0.25, -0.2) is 4.39 Å². The van der Waals surface area contributed by atoms with E-state index in [2.05, 4.69) is 24.2 Å². The van der Waals surface area contributed by atoms with Gasteiger partial charge in [0.15, 0.2) is 0 Å². The molecule has 0 radical (unpaired) electrons. The van der Waals surface area contributed by atoms with Gasteiger partial charge in [0.05, 0.1) is 17.7 Å². The first-order chi connectivity index (χ1) is 10.1. The van der Waals surface area contributed by atoms with E-state index in [1.54, 1.807) is 6.07 Å². The van der Waals surface area contributed by atoms with Crippen LogP contribution in [0, 0.1) is 5.82 Å². The van der Waals surface area contributed by atoms with E-state index in [0.29, 0.717) is 6.42 Å². The van der Waals surface area contributed by atoms with Gasteiger partial charge < -0.3 is 15.0 Å². The molecule has 1 fully saturated rings. The maximum absolute atomic E-state index is 13.6. The monoisotopic (exact) mass is 314 g/mol. The molecule has 1 aliphatic rings. The molecule has 1 aliphatic heterocycles. The van der Waals surface area contributed by atoms with E-state index in [1.165, 1.54) is 6.07 Å². The molecule has 0 aliphatic carbocycles. The second-order valence-corrected chi connectivity index (χ2v) is 6.03. The van der Waals surface area contributed by atoms with Gasteiger partial charge in [-0.15, -0.1) is 0 Å². The Hall–Kier alpha value is -0.680. The minimum absolute atomic E-state index is 0.106. The first-order valence-electron chi connectivity index (χ1n) is 7.58. The molecule has 0 saturated carbocycles. The summed E-state index contributed by atoms with van der Waals surface area (Å²) in [5.74, 6) is -0.356. The third kappa shape index (κ3) is 4.65. The van der Waals surface area contributed by atoms with Gasteiger partial charge in [-0.3, -0.25) is 0 Å². The number of ether oxygens (including phenoxy) is 1. The Labute approximate surface area is 131 Å². The van der Waals surface area contributed by atoms with Crippen LogP contribution in [-0.2, 0) is 11.2 Å². The lowest BCUT2D eigenvalue weighted by molar-refractivity contribution is -0.0383. The summed E-state index contributed by atoms with van der Waals surface area (Å²) in [6.07, 6.45) is 1.83. The van der Waals surface area contributed by atoms with Crippen molar-refractivity contribution in [2.75, 3.05) is 33.3 Å². The van der Waals surface area contributed by atoms with Gasteiger partial charge in [-0.2, -0.15) is 0 Å². The highest BCUT2D eigenvalue weighted by molar-refractivity contribution is 6.31. The molecule has 21 heavy (non-hydrogen) atoms. The molecule has 2 atom stereocenters. The second-order valence-electron chi connectivity index (χ2n) is 5.65. The topological polar surface area (TPSA) is 24.5 Å². The zero-order chi connectivity index (χ0) is 15.2. The molecule has 0 aromatic heterocycles. The fourth-order valence-corrected chi connectivity index (χ4v) is 2.87. The lowest BCUT2D eigenvalue weighted by atomic mass is 9.99. The smallest absolute Gasteiger partial charge is 0.142 e. The van der Waals surface area contributed by atoms with Crippen LogP contribution in [0.5, 0.6) is 0 Å². The molecular formula is C16H24ClFN2O. The van der Waals surface area contributed by atoms with Crippen LogP contribution in [-0.4, -0.2) is 50.3 Å². The van der Waals surface area contributed by atoms with Crippen molar-refractivity contribution in [2.45, 2.75) is 31.9 Å². The summed E-state index contributed by atoms with van der Waals surface area (Å²) in [6, 6.07) is 5.14. The van der Waals surface area contributed by atoms with Crippen LogP contribution >= 0.6 is 11.6 Å². The molecule has 0 bridgehead atoms. The third-order valence-corrected chi connectivity index (χ3v) is 4.30. The van der Waals surface area contributed by atoms with Crippen molar-refractivity contribution < 1.29 is 9.13 Å². The van der Waals surface area contributed by atoms with Crippen LogP contribution in [0.4, 0.5) is 4.39 Å². The number of hydrogen-bond donors (Lipinski definition) is 1. The third-order valence-electron chi connectivity index (χ3n) is 3.87. The van der Waals surface area contributed by atoms with E-state index in [1.807, 2.05) is 6.07 Å². The van der Waals surface area contributed by atoms with Crippen LogP contribution in [0.3, 0.4) is 0 Å². The van der Waals surface area contributed by atoms with Crippen molar-refractivity contribution in [1.29, 1.82) is 0 Å². The summed E-state index contributed by atoms with van der Waals surface area (Å²) in [6.45, 7) is 5.63. The van der Waals surface area contributed by atoms with Crippen molar-refractivity contribution in [3.8, 4) is 0 Å². The first-order valence-corrected chi connectivity index (χ1v) is 7.96. The van der Waals surface area contributed by atoms with Gasteiger partial charge in [0.25, 0.3) is 0 Å². The lowest BCUT2D eigenvalue weighted by Gasteiger charge is -2.36. The molecule has 2 rings (SSSR count). The Balaban J connectivity index is 2.10. The average molecular weight is 315 g/mol. The maximum Gasteiger partial charge on any atom is 0.142 e. The number of rotatable bonds is 6. The van der Waals surface area contributed by atoms with Gasteiger partial charge in [0.1, 0.15) is 5.82 Å². The molecule has 1 aromatic rings. The standard InChI is InChI=1S/C16H24ClFN2O/c1-3-7-19-14(15-11-20(2)8-9-21-15)10-12-5-4-6-13(18)16(12)17/h4-6,14-15,19H,3,7-11H2,1-2H3. The Bertz CT molecular complexity index is 458. The van der Waals surface area contributed by atoms with E-state index in [4.69, 9.17) is 16.3 Å². The van der Waals surface area contributed by atoms with Crippen LogP contribution in [0.15, 0.2) is 18.2 Å². The number of hydrogen-bond acceptors (Lipinski definition) is 3. The van der Waals surface area contributed by atoms with Crippen molar-refractivity contribution in [3.05, 3.63) is 34.6 Å². The summed E-state index contributed by atoms with van der Waals surface area (Å²) in [4.78, 5) is 2.27. The summed E-state index contributed by atoms with van der Waals surface area (Å²) in [5.41, 5.74) is 0.835. The van der Waals surface area contributed by atoms with Gasteiger partial charge in [0.2, 0.25) is 0 Å². The van der Waals surface area contributed by atoms with Gasteiger partial charge >= 0.3 is 0 Å². The van der Waals surface area contributed by atoms with Gasteiger partial charge in [0, 0.05) is 19.1 Å². The lowest BCUT2D eigenvalue weighted by Crippen LogP contribution is -2.52. The SMILES string of the molecule is CCCNC(Cc1cccc(F)c1Cl)C1CN(C)CCO1. The highest BCUT2D eigenvalue weighted by Crippen LogP contribution is 2.22. The molecular weight excluding hydrogens is 291 g/mol. The van der Waals surface area contributed by atoms with E-state index < -0.39 is 0 Å². The van der Waals surface area contributed by atoms with Crippen LogP contribution < -0.4 is 5.32 Å². The number of likely N-dealkylation sites (N-methyl/N-ethyl adjacent to an activating group) is 1. The highest BCUT2D eigenvalue weighted by Gasteiger charge is 2.27. The molecule has 2 unspecified atom stereocenters. The molecule has 0 amide bonds. The molecule has 1 heterocycles. The normalized spacial score (nSPS) is 21.4. The average Bonchev–Trinajstić information content (AvgIpc) is 2.47. The van der Waals surface area contributed by atoms with E-state index in [0.717, 1.165) is 38.2 Å². The zero-order valence-electron chi connectivity index (χ0n) is 12.7. The Kier molecular flexibility index (Phi) is 6.42. The minimum atomic E-state index is -0.356. The highest BCUT2D eigenvalue weighted by atomic mass is 35.5. The minimum Gasteiger partial charge on any atom is -0.374 e. The van der Waals surface area contributed by atoms with E-state index >= 15 is 0 Å². The van der Waals surface area contributed by atoms with Crippen molar-refractivity contribution in [1.82, 2.24) is 10.2 Å². The molecule has 118 valence electrons. The number of benzene rings is 1. The van der Waals surface area contributed by atoms with Gasteiger partial charge in [-0.05, 0) is 38.1 Å². The molecule has 1 saturated heterocycles. The summed E-state index contributed by atoms with van der Waals surface area (Å²) in [5, 5.41) is 3.75. The largest absolute Gasteiger partial charge is 0.374 e.